The van der Waals surface area contributed by atoms with Crippen LogP contribution in [0, 0.1) is 22.7 Å². The normalized spacial score (nSPS) is 19.9. The highest BCUT2D eigenvalue weighted by molar-refractivity contribution is 5.85. The smallest absolute Gasteiger partial charge is 0.240 e. The molecule has 1 rings (SSSR count). The summed E-state index contributed by atoms with van der Waals surface area (Å²) >= 11 is 0. The maximum absolute atomic E-state index is 12.1. The van der Waals surface area contributed by atoms with Crippen LogP contribution in [0.15, 0.2) is 0 Å². The van der Waals surface area contributed by atoms with E-state index in [2.05, 4.69) is 11.4 Å². The molecule has 4 nitrogen and oxygen atoms in total. The average molecular weight is 238 g/mol. The van der Waals surface area contributed by atoms with Crippen molar-refractivity contribution in [1.82, 2.24) is 5.32 Å². The predicted molar refractivity (Wildman–Crippen MR) is 65.0 cm³/mol. The van der Waals surface area contributed by atoms with Crippen LogP contribution in [0.25, 0.3) is 0 Å². The predicted octanol–water partition coefficient (Wildman–Crippen LogP) is 1.59. The van der Waals surface area contributed by atoms with Gasteiger partial charge in [0.05, 0.1) is 18.7 Å². The van der Waals surface area contributed by atoms with Crippen molar-refractivity contribution < 1.29 is 9.90 Å². The molecule has 0 spiro atoms. The zero-order chi connectivity index (χ0) is 12.9. The van der Waals surface area contributed by atoms with E-state index >= 15 is 0 Å². The molecule has 0 aromatic rings. The van der Waals surface area contributed by atoms with Crippen molar-refractivity contribution >= 4 is 5.91 Å². The van der Waals surface area contributed by atoms with Gasteiger partial charge in [-0.2, -0.15) is 5.26 Å². The van der Waals surface area contributed by atoms with E-state index in [1.54, 1.807) is 0 Å². The van der Waals surface area contributed by atoms with E-state index in [1.807, 2.05) is 13.8 Å². The van der Waals surface area contributed by atoms with Gasteiger partial charge in [-0.25, -0.2) is 0 Å². The lowest BCUT2D eigenvalue weighted by Gasteiger charge is -2.24. The van der Waals surface area contributed by atoms with E-state index in [1.165, 1.54) is 0 Å². The molecule has 0 saturated heterocycles. The summed E-state index contributed by atoms with van der Waals surface area (Å²) in [5, 5.41) is 21.2. The van der Waals surface area contributed by atoms with Crippen molar-refractivity contribution in [2.24, 2.45) is 11.3 Å². The highest BCUT2D eigenvalue weighted by atomic mass is 16.3. The van der Waals surface area contributed by atoms with Crippen LogP contribution in [0.1, 0.15) is 46.0 Å². The van der Waals surface area contributed by atoms with Crippen LogP contribution in [-0.2, 0) is 4.79 Å². The van der Waals surface area contributed by atoms with Gasteiger partial charge < -0.3 is 10.4 Å². The number of hydrogen-bond donors (Lipinski definition) is 2. The lowest BCUT2D eigenvalue weighted by atomic mass is 9.86. The van der Waals surface area contributed by atoms with Gasteiger partial charge in [0.25, 0.3) is 0 Å². The number of nitriles is 1. The van der Waals surface area contributed by atoms with Gasteiger partial charge in [-0.1, -0.05) is 26.7 Å². The highest BCUT2D eigenvalue weighted by Crippen LogP contribution is 2.37. The first-order valence-corrected chi connectivity index (χ1v) is 6.37. The molecule has 0 radical (unpaired) electrons. The van der Waals surface area contributed by atoms with Gasteiger partial charge in [-0.3, -0.25) is 4.79 Å². The van der Waals surface area contributed by atoms with Crippen LogP contribution in [0.5, 0.6) is 0 Å². The van der Waals surface area contributed by atoms with Crippen LogP contribution in [0.4, 0.5) is 0 Å². The van der Waals surface area contributed by atoms with Gasteiger partial charge in [0, 0.05) is 0 Å². The summed E-state index contributed by atoms with van der Waals surface area (Å²) in [6, 6.07) is 1.94. The summed E-state index contributed by atoms with van der Waals surface area (Å²) in [4.78, 5) is 12.1. The minimum absolute atomic E-state index is 0.0641. The van der Waals surface area contributed by atoms with Crippen LogP contribution in [-0.4, -0.2) is 23.7 Å². The van der Waals surface area contributed by atoms with Gasteiger partial charge in [0.15, 0.2) is 0 Å². The van der Waals surface area contributed by atoms with Crippen molar-refractivity contribution in [1.29, 1.82) is 5.26 Å². The molecule has 17 heavy (non-hydrogen) atoms. The second-order valence-corrected chi connectivity index (χ2v) is 5.38. The average Bonchev–Trinajstić information content (AvgIpc) is 2.77. The Labute approximate surface area is 103 Å². The zero-order valence-corrected chi connectivity index (χ0v) is 10.7. The standard InChI is InChI=1S/C13H22N2O2/c1-10(2)7-11(8-16)15-12(17)13(9-14)5-3-4-6-13/h10-11,16H,3-8H2,1-2H3,(H,15,17). The Morgan fingerprint density at radius 3 is 2.47 bits per heavy atom. The summed E-state index contributed by atoms with van der Waals surface area (Å²) < 4.78 is 0. The van der Waals surface area contributed by atoms with Crippen molar-refractivity contribution in [3.8, 4) is 6.07 Å². The summed E-state index contributed by atoms with van der Waals surface area (Å²) in [5.41, 5.74) is -0.843. The van der Waals surface area contributed by atoms with Gasteiger partial charge in [-0.15, -0.1) is 0 Å². The Morgan fingerprint density at radius 1 is 1.47 bits per heavy atom. The Hall–Kier alpha value is -1.08. The van der Waals surface area contributed by atoms with Gasteiger partial charge in [0.2, 0.25) is 5.91 Å². The number of carbonyl (C=O) groups is 1. The minimum atomic E-state index is -0.843. The highest BCUT2D eigenvalue weighted by Gasteiger charge is 2.42. The Morgan fingerprint density at radius 2 is 2.06 bits per heavy atom. The molecule has 1 aliphatic carbocycles. The number of hydrogen-bond acceptors (Lipinski definition) is 3. The molecule has 2 N–H and O–H groups in total. The number of nitrogens with zero attached hydrogens (tertiary/aromatic N) is 1. The molecule has 96 valence electrons. The summed E-state index contributed by atoms with van der Waals surface area (Å²) in [7, 11) is 0. The van der Waals surface area contributed by atoms with Crippen molar-refractivity contribution in [2.45, 2.75) is 52.0 Å². The first-order chi connectivity index (χ1) is 8.04. The van der Waals surface area contributed by atoms with Gasteiger partial charge in [-0.05, 0) is 25.2 Å². The molecule has 0 aliphatic heterocycles. The molecule has 1 fully saturated rings. The van der Waals surface area contributed by atoms with Crippen LogP contribution in [0.3, 0.4) is 0 Å². The van der Waals surface area contributed by atoms with E-state index in [0.29, 0.717) is 18.8 Å². The number of amides is 1. The molecular weight excluding hydrogens is 216 g/mol. The van der Waals surface area contributed by atoms with E-state index in [0.717, 1.165) is 19.3 Å². The maximum atomic E-state index is 12.1. The quantitative estimate of drug-likeness (QED) is 0.764. The van der Waals surface area contributed by atoms with Crippen molar-refractivity contribution in [2.75, 3.05) is 6.61 Å². The Bertz CT molecular complexity index is 301. The number of aliphatic hydroxyl groups is 1. The van der Waals surface area contributed by atoms with E-state index in [-0.39, 0.29) is 18.6 Å². The van der Waals surface area contributed by atoms with Gasteiger partial charge in [0.1, 0.15) is 5.41 Å². The molecule has 1 amide bonds. The number of carbonyl (C=O) groups excluding carboxylic acids is 1. The minimum Gasteiger partial charge on any atom is -0.394 e. The first-order valence-electron chi connectivity index (χ1n) is 6.37. The first kappa shape index (κ1) is 14.0. The number of aliphatic hydroxyl groups excluding tert-OH is 1. The van der Waals surface area contributed by atoms with E-state index in [9.17, 15) is 15.2 Å². The molecule has 0 heterocycles. The molecule has 0 aromatic carbocycles. The van der Waals surface area contributed by atoms with Crippen LogP contribution < -0.4 is 5.32 Å². The third-order valence-corrected chi connectivity index (χ3v) is 3.42. The SMILES string of the molecule is CC(C)CC(CO)NC(=O)C1(C#N)CCCC1. The Balaban J connectivity index is 2.60. The summed E-state index contributed by atoms with van der Waals surface area (Å²) in [5.74, 6) is 0.214. The molecule has 4 heteroatoms. The van der Waals surface area contributed by atoms with E-state index in [4.69, 9.17) is 0 Å². The topological polar surface area (TPSA) is 73.1 Å². The molecule has 0 aromatic heterocycles. The molecule has 0 bridgehead atoms. The maximum Gasteiger partial charge on any atom is 0.240 e. The lowest BCUT2D eigenvalue weighted by Crippen LogP contribution is -2.45. The largest absolute Gasteiger partial charge is 0.394 e. The molecule has 1 aliphatic rings. The molecule has 1 atom stereocenters. The van der Waals surface area contributed by atoms with Crippen LogP contribution in [0.2, 0.25) is 0 Å². The zero-order valence-electron chi connectivity index (χ0n) is 10.7. The van der Waals surface area contributed by atoms with E-state index < -0.39 is 5.41 Å². The van der Waals surface area contributed by atoms with Crippen molar-refractivity contribution in [3.63, 3.8) is 0 Å². The summed E-state index contributed by atoms with van der Waals surface area (Å²) in [6.45, 7) is 4.03. The molecule has 1 saturated carbocycles. The monoisotopic (exact) mass is 238 g/mol. The third kappa shape index (κ3) is 3.44. The second kappa shape index (κ2) is 6.02. The van der Waals surface area contributed by atoms with Crippen molar-refractivity contribution in [3.05, 3.63) is 0 Å². The third-order valence-electron chi connectivity index (χ3n) is 3.42. The fraction of sp³-hybridized carbons (Fsp3) is 0.846. The number of rotatable bonds is 5. The summed E-state index contributed by atoms with van der Waals surface area (Å²) in [6.07, 6.45) is 3.91. The van der Waals surface area contributed by atoms with Crippen LogP contribution >= 0.6 is 0 Å². The lowest BCUT2D eigenvalue weighted by molar-refractivity contribution is -0.129. The fourth-order valence-corrected chi connectivity index (χ4v) is 2.44. The van der Waals surface area contributed by atoms with Gasteiger partial charge >= 0.3 is 0 Å². The molecular formula is C13H22N2O2. The fourth-order valence-electron chi connectivity index (χ4n) is 2.44. The number of nitrogens with one attached hydrogen (secondary N) is 1. The second-order valence-electron chi connectivity index (χ2n) is 5.38. The Kier molecular flexibility index (Phi) is 4.95. The molecule has 1 unspecified atom stereocenters.